The first kappa shape index (κ1) is 27.3. The number of carbonyl (C=O) groups excluding carboxylic acids is 3. The van der Waals surface area contributed by atoms with Crippen LogP contribution >= 0.6 is 0 Å². The van der Waals surface area contributed by atoms with Crippen LogP contribution < -0.4 is 4.74 Å². The van der Waals surface area contributed by atoms with E-state index < -0.39 is 11.7 Å². The monoisotopic (exact) mass is 523 g/mol. The Morgan fingerprint density at radius 2 is 1.79 bits per heavy atom. The topological polar surface area (TPSA) is 88.0 Å². The number of piperazine rings is 1. The molecule has 1 aliphatic rings. The molecule has 9 nitrogen and oxygen atoms in total. The molecule has 2 amide bonds. The van der Waals surface area contributed by atoms with E-state index in [4.69, 9.17) is 4.74 Å². The van der Waals surface area contributed by atoms with Crippen LogP contribution in [0.3, 0.4) is 0 Å². The smallest absolute Gasteiger partial charge is 0.294 e. The maximum absolute atomic E-state index is 13.8. The van der Waals surface area contributed by atoms with E-state index in [1.807, 2.05) is 6.92 Å². The van der Waals surface area contributed by atoms with Crippen molar-refractivity contribution in [3.8, 4) is 5.88 Å². The van der Waals surface area contributed by atoms with Crippen LogP contribution in [0.15, 0.2) is 36.5 Å². The number of amides is 2. The molecule has 10 heteroatoms. The van der Waals surface area contributed by atoms with E-state index in [1.54, 1.807) is 54.9 Å². The van der Waals surface area contributed by atoms with Gasteiger partial charge < -0.3 is 19.1 Å². The summed E-state index contributed by atoms with van der Waals surface area (Å²) in [6.45, 7) is 7.99. The highest BCUT2D eigenvalue weighted by Crippen LogP contribution is 2.29. The van der Waals surface area contributed by atoms with Gasteiger partial charge in [-0.25, -0.2) is 4.39 Å². The zero-order chi connectivity index (χ0) is 27.7. The summed E-state index contributed by atoms with van der Waals surface area (Å²) in [5, 5.41) is 0.426. The molecule has 4 rings (SSSR count). The molecule has 0 aliphatic carbocycles. The molecule has 3 heterocycles. The van der Waals surface area contributed by atoms with Gasteiger partial charge in [-0.05, 0) is 44.5 Å². The Morgan fingerprint density at radius 1 is 1.11 bits per heavy atom. The summed E-state index contributed by atoms with van der Waals surface area (Å²) in [6.07, 6.45) is 1.56. The lowest BCUT2D eigenvalue weighted by Crippen LogP contribution is -2.57. The maximum Gasteiger partial charge on any atom is 0.294 e. The molecule has 0 spiro atoms. The van der Waals surface area contributed by atoms with Crippen molar-refractivity contribution in [2.75, 3.05) is 33.8 Å². The molecule has 1 aliphatic heterocycles. The first-order chi connectivity index (χ1) is 18.0. The second kappa shape index (κ2) is 10.9. The Bertz CT molecular complexity index is 1370. The van der Waals surface area contributed by atoms with E-state index in [-0.39, 0.29) is 40.8 Å². The lowest BCUT2D eigenvalue weighted by molar-refractivity contribution is -0.125. The Labute approximate surface area is 221 Å². The summed E-state index contributed by atoms with van der Waals surface area (Å²) in [4.78, 5) is 49.4. The first-order valence-corrected chi connectivity index (χ1v) is 12.7. The number of halogens is 1. The number of carbonyl (C=O) groups is 3. The normalized spacial score (nSPS) is 18.0. The van der Waals surface area contributed by atoms with Crippen molar-refractivity contribution in [2.24, 2.45) is 7.05 Å². The Balaban J connectivity index is 1.63. The zero-order valence-corrected chi connectivity index (χ0v) is 22.7. The van der Waals surface area contributed by atoms with E-state index in [0.717, 1.165) is 5.56 Å². The van der Waals surface area contributed by atoms with Gasteiger partial charge in [-0.15, -0.1) is 0 Å². The third-order valence-corrected chi connectivity index (χ3v) is 7.27. The average molecular weight is 524 g/mol. The van der Waals surface area contributed by atoms with Crippen LogP contribution in [0.5, 0.6) is 5.88 Å². The van der Waals surface area contributed by atoms with Gasteiger partial charge in [0.2, 0.25) is 5.88 Å². The van der Waals surface area contributed by atoms with Crippen LogP contribution in [0.1, 0.15) is 47.1 Å². The minimum Gasteiger partial charge on any atom is -0.480 e. The summed E-state index contributed by atoms with van der Waals surface area (Å²) in [7, 11) is 4.75. The molecule has 1 aromatic carbocycles. The molecule has 0 bridgehead atoms. The van der Waals surface area contributed by atoms with Gasteiger partial charge >= 0.3 is 0 Å². The number of hydrogen-bond acceptors (Lipinski definition) is 6. The van der Waals surface area contributed by atoms with Crippen LogP contribution in [0.2, 0.25) is 0 Å². The third-order valence-electron chi connectivity index (χ3n) is 7.27. The highest BCUT2D eigenvalue weighted by Gasteiger charge is 2.35. The number of ketones is 1. The van der Waals surface area contributed by atoms with Crippen LogP contribution in [0.25, 0.3) is 11.0 Å². The van der Waals surface area contributed by atoms with Gasteiger partial charge in [0.1, 0.15) is 17.0 Å². The number of likely N-dealkylation sites (N-methyl/N-ethyl adjacent to an activating group) is 1. The highest BCUT2D eigenvalue weighted by molar-refractivity contribution is 6.44. The molecule has 0 radical (unpaired) electrons. The van der Waals surface area contributed by atoms with E-state index in [0.29, 0.717) is 37.2 Å². The molecule has 202 valence electrons. The second-order valence-corrected chi connectivity index (χ2v) is 9.93. The number of rotatable bonds is 7. The van der Waals surface area contributed by atoms with Crippen molar-refractivity contribution in [1.82, 2.24) is 24.3 Å². The number of aromatic nitrogens is 2. The number of aryl methyl sites for hydroxylation is 1. The SMILES string of the molecule is CCN(C)C(=O)C(=O)c1cn(C)c2nc(OC)c(C(=O)N3C[C@H](C)N(Cc4ccc(F)cc4)C[C@H]3C)cc12. The van der Waals surface area contributed by atoms with Gasteiger partial charge in [0.15, 0.2) is 0 Å². The van der Waals surface area contributed by atoms with Gasteiger partial charge in [0.05, 0.1) is 12.7 Å². The second-order valence-electron chi connectivity index (χ2n) is 9.93. The number of Topliss-reactive ketones (excluding diaryl/α,β-unsaturated/α-hetero) is 1. The van der Waals surface area contributed by atoms with E-state index in [9.17, 15) is 18.8 Å². The summed E-state index contributed by atoms with van der Waals surface area (Å²) < 4.78 is 20.5. The molecule has 0 N–H and O–H groups in total. The molecule has 1 saturated heterocycles. The Hall–Kier alpha value is -3.79. The number of nitrogens with zero attached hydrogens (tertiary/aromatic N) is 5. The zero-order valence-electron chi connectivity index (χ0n) is 22.7. The fourth-order valence-electron chi connectivity index (χ4n) is 4.88. The number of fused-ring (bicyclic) bond motifs is 1. The molecule has 0 saturated carbocycles. The standard InChI is InChI=1S/C28H34FN5O4/c1-7-31(4)28(37)24(35)23-16-32(5)25-21(23)12-22(26(30-25)38-6)27(36)34-14-17(2)33(13-18(34)3)15-19-8-10-20(29)11-9-19/h8-12,16-18H,7,13-15H2,1-6H3/t17-,18+/m0/s1. The fourth-order valence-corrected chi connectivity index (χ4v) is 4.88. The quantitative estimate of drug-likeness (QED) is 0.349. The van der Waals surface area contributed by atoms with E-state index in [1.165, 1.54) is 24.1 Å². The maximum atomic E-state index is 13.8. The van der Waals surface area contributed by atoms with Crippen molar-refractivity contribution in [1.29, 1.82) is 0 Å². The molecule has 3 aromatic rings. The Morgan fingerprint density at radius 3 is 2.42 bits per heavy atom. The van der Waals surface area contributed by atoms with Crippen molar-refractivity contribution in [3.63, 3.8) is 0 Å². The molecule has 2 atom stereocenters. The van der Waals surface area contributed by atoms with Crippen LogP contribution in [-0.2, 0) is 18.4 Å². The molecular weight excluding hydrogens is 489 g/mol. The largest absolute Gasteiger partial charge is 0.480 e. The van der Waals surface area contributed by atoms with Crippen molar-refractivity contribution in [3.05, 3.63) is 59.0 Å². The predicted octanol–water partition coefficient (Wildman–Crippen LogP) is 3.12. The summed E-state index contributed by atoms with van der Waals surface area (Å²) in [5.74, 6) is -1.63. The van der Waals surface area contributed by atoms with Crippen LogP contribution in [0, 0.1) is 5.82 Å². The first-order valence-electron chi connectivity index (χ1n) is 12.7. The molecule has 38 heavy (non-hydrogen) atoms. The lowest BCUT2D eigenvalue weighted by atomic mass is 10.0. The number of pyridine rings is 1. The van der Waals surface area contributed by atoms with E-state index >= 15 is 0 Å². The summed E-state index contributed by atoms with van der Waals surface area (Å²) >= 11 is 0. The number of hydrogen-bond donors (Lipinski definition) is 0. The molecule has 1 fully saturated rings. The average Bonchev–Trinajstić information content (AvgIpc) is 3.24. The van der Waals surface area contributed by atoms with Crippen molar-refractivity contribution >= 4 is 28.6 Å². The summed E-state index contributed by atoms with van der Waals surface area (Å²) in [5.41, 5.74) is 1.88. The predicted molar refractivity (Wildman–Crippen MR) is 142 cm³/mol. The highest BCUT2D eigenvalue weighted by atomic mass is 19.1. The van der Waals surface area contributed by atoms with Crippen LogP contribution in [0.4, 0.5) is 4.39 Å². The number of methoxy groups -OCH3 is 1. The minimum absolute atomic E-state index is 0.0546. The fraction of sp³-hybridized carbons (Fsp3) is 0.429. The minimum atomic E-state index is -0.651. The number of benzene rings is 1. The number of ether oxygens (including phenoxy) is 1. The van der Waals surface area contributed by atoms with Gasteiger partial charge in [-0.1, -0.05) is 12.1 Å². The van der Waals surface area contributed by atoms with Crippen molar-refractivity contribution < 1.29 is 23.5 Å². The molecule has 0 unspecified atom stereocenters. The molecular formula is C28H34FN5O4. The Kier molecular flexibility index (Phi) is 7.82. The van der Waals surface area contributed by atoms with Crippen LogP contribution in [-0.4, -0.2) is 87.7 Å². The van der Waals surface area contributed by atoms with Gasteiger partial charge in [-0.2, -0.15) is 4.98 Å². The summed E-state index contributed by atoms with van der Waals surface area (Å²) in [6, 6.07) is 8.01. The van der Waals surface area contributed by atoms with Crippen molar-refractivity contribution in [2.45, 2.75) is 39.4 Å². The third kappa shape index (κ3) is 5.13. The van der Waals surface area contributed by atoms with Gasteiger partial charge in [0.25, 0.3) is 17.6 Å². The molecule has 2 aromatic heterocycles. The van der Waals surface area contributed by atoms with E-state index in [2.05, 4.69) is 16.8 Å². The lowest BCUT2D eigenvalue weighted by Gasteiger charge is -2.44. The van der Waals surface area contributed by atoms with Gasteiger partial charge in [-0.3, -0.25) is 19.3 Å². The van der Waals surface area contributed by atoms with Gasteiger partial charge in [0, 0.05) is 63.9 Å².